The fourth-order valence-electron chi connectivity index (χ4n) is 3.53. The third-order valence-corrected chi connectivity index (χ3v) is 6.71. The van der Waals surface area contributed by atoms with Gasteiger partial charge in [0.05, 0.1) is 7.11 Å². The molecule has 35 heavy (non-hydrogen) atoms. The first kappa shape index (κ1) is 24.1. The molecule has 4 aromatic carbocycles. The van der Waals surface area contributed by atoms with Crippen LogP contribution in [-0.2, 0) is 4.79 Å². The zero-order valence-corrected chi connectivity index (χ0v) is 20.3. The Labute approximate surface area is 209 Å². The van der Waals surface area contributed by atoms with Gasteiger partial charge in [0.1, 0.15) is 11.0 Å². The van der Waals surface area contributed by atoms with Gasteiger partial charge in [-0.25, -0.2) is 0 Å². The lowest BCUT2D eigenvalue weighted by Gasteiger charge is -2.18. The van der Waals surface area contributed by atoms with Crippen LogP contribution in [0.5, 0.6) is 5.75 Å². The molecule has 0 aromatic heterocycles. The number of carbonyl (C=O) groups is 2. The molecule has 2 N–H and O–H groups in total. The number of hydrogen-bond acceptors (Lipinski definition) is 4. The van der Waals surface area contributed by atoms with E-state index in [1.165, 1.54) is 11.8 Å². The minimum Gasteiger partial charge on any atom is -0.497 e. The quantitative estimate of drug-likeness (QED) is 0.273. The van der Waals surface area contributed by atoms with Crippen molar-refractivity contribution >= 4 is 35.0 Å². The average Bonchev–Trinajstić information content (AvgIpc) is 2.90. The molecule has 4 rings (SSSR count). The van der Waals surface area contributed by atoms with Crippen LogP contribution < -0.4 is 15.4 Å². The smallest absolute Gasteiger partial charge is 0.255 e. The molecule has 0 aliphatic heterocycles. The van der Waals surface area contributed by atoms with Gasteiger partial charge in [-0.15, -0.1) is 11.8 Å². The lowest BCUT2D eigenvalue weighted by atomic mass is 10.1. The van der Waals surface area contributed by atoms with Gasteiger partial charge in [0.2, 0.25) is 5.91 Å². The summed E-state index contributed by atoms with van der Waals surface area (Å²) in [6.45, 7) is 1.97. The van der Waals surface area contributed by atoms with Gasteiger partial charge in [-0.1, -0.05) is 54.6 Å². The zero-order chi connectivity index (χ0) is 24.6. The number of nitrogens with one attached hydrogen (secondary N) is 2. The summed E-state index contributed by atoms with van der Waals surface area (Å²) in [5, 5.41) is 5.53. The minimum absolute atomic E-state index is 0.0918. The Morgan fingerprint density at radius 2 is 1.51 bits per heavy atom. The Balaban J connectivity index is 1.49. The summed E-state index contributed by atoms with van der Waals surface area (Å²) in [4.78, 5) is 26.8. The Kier molecular flexibility index (Phi) is 7.85. The van der Waals surface area contributed by atoms with Crippen LogP contribution in [0.15, 0.2) is 108 Å². The average molecular weight is 483 g/mol. The second kappa shape index (κ2) is 11.4. The molecule has 0 saturated heterocycles. The fraction of sp³-hybridized carbons (Fsp3) is 0.103. The van der Waals surface area contributed by atoms with E-state index in [4.69, 9.17) is 4.74 Å². The van der Waals surface area contributed by atoms with Crippen molar-refractivity contribution in [2.24, 2.45) is 0 Å². The third-order valence-electron chi connectivity index (χ3n) is 5.44. The second-order valence-corrected chi connectivity index (χ2v) is 9.10. The number of methoxy groups -OCH3 is 1. The maximum Gasteiger partial charge on any atom is 0.255 e. The molecule has 1 atom stereocenters. The van der Waals surface area contributed by atoms with E-state index >= 15 is 0 Å². The van der Waals surface area contributed by atoms with Crippen molar-refractivity contribution in [3.8, 4) is 5.75 Å². The summed E-state index contributed by atoms with van der Waals surface area (Å²) >= 11 is 1.46. The first-order chi connectivity index (χ1) is 17.0. The molecular formula is C29H26N2O3S. The second-order valence-electron chi connectivity index (χ2n) is 7.92. The van der Waals surface area contributed by atoms with E-state index in [9.17, 15) is 9.59 Å². The predicted molar refractivity (Wildman–Crippen MR) is 142 cm³/mol. The molecule has 0 fully saturated rings. The van der Waals surface area contributed by atoms with Crippen molar-refractivity contribution in [1.82, 2.24) is 0 Å². The van der Waals surface area contributed by atoms with Crippen molar-refractivity contribution < 1.29 is 14.3 Å². The van der Waals surface area contributed by atoms with Gasteiger partial charge < -0.3 is 15.4 Å². The topological polar surface area (TPSA) is 67.4 Å². The van der Waals surface area contributed by atoms with E-state index in [1.54, 1.807) is 31.4 Å². The fourth-order valence-corrected chi connectivity index (χ4v) is 4.56. The van der Waals surface area contributed by atoms with Crippen molar-refractivity contribution in [3.05, 3.63) is 120 Å². The summed E-state index contributed by atoms with van der Waals surface area (Å²) in [6, 6.07) is 31.9. The van der Waals surface area contributed by atoms with Crippen LogP contribution >= 0.6 is 11.8 Å². The molecule has 4 aromatic rings. The molecule has 0 radical (unpaired) electrons. The summed E-state index contributed by atoms with van der Waals surface area (Å²) in [7, 11) is 1.57. The van der Waals surface area contributed by atoms with Crippen molar-refractivity contribution in [3.63, 3.8) is 0 Å². The Morgan fingerprint density at radius 3 is 2.23 bits per heavy atom. The number of aryl methyl sites for hydroxylation is 1. The molecule has 6 heteroatoms. The molecule has 5 nitrogen and oxygen atoms in total. The maximum absolute atomic E-state index is 13.3. The lowest BCUT2D eigenvalue weighted by Crippen LogP contribution is -2.19. The molecule has 0 saturated carbocycles. The lowest BCUT2D eigenvalue weighted by molar-refractivity contribution is -0.115. The molecule has 2 amide bonds. The van der Waals surface area contributed by atoms with Gasteiger partial charge in [0, 0.05) is 21.8 Å². The van der Waals surface area contributed by atoms with Gasteiger partial charge >= 0.3 is 0 Å². The summed E-state index contributed by atoms with van der Waals surface area (Å²) in [5.74, 6) is 0.315. The van der Waals surface area contributed by atoms with Gasteiger partial charge in [0.15, 0.2) is 0 Å². The number of rotatable bonds is 8. The van der Waals surface area contributed by atoms with Crippen LogP contribution in [0.2, 0.25) is 0 Å². The summed E-state index contributed by atoms with van der Waals surface area (Å²) in [6.07, 6.45) is 0. The van der Waals surface area contributed by atoms with E-state index in [-0.39, 0.29) is 11.8 Å². The highest BCUT2D eigenvalue weighted by Gasteiger charge is 2.22. The third kappa shape index (κ3) is 6.31. The van der Waals surface area contributed by atoms with Crippen molar-refractivity contribution in [1.29, 1.82) is 0 Å². The number of benzene rings is 4. The number of thioether (sulfide) groups is 1. The van der Waals surface area contributed by atoms with Crippen LogP contribution in [-0.4, -0.2) is 18.9 Å². The first-order valence-electron chi connectivity index (χ1n) is 11.2. The van der Waals surface area contributed by atoms with E-state index in [0.717, 1.165) is 21.7 Å². The van der Waals surface area contributed by atoms with E-state index in [2.05, 4.69) is 10.6 Å². The maximum atomic E-state index is 13.3. The highest BCUT2D eigenvalue weighted by molar-refractivity contribution is 8.00. The molecule has 176 valence electrons. The van der Waals surface area contributed by atoms with Crippen LogP contribution in [0.25, 0.3) is 0 Å². The monoisotopic (exact) mass is 482 g/mol. The van der Waals surface area contributed by atoms with Crippen LogP contribution in [0.3, 0.4) is 0 Å². The number of ether oxygens (including phenoxy) is 1. The number of anilines is 2. The molecule has 0 heterocycles. The number of carbonyl (C=O) groups excluding carboxylic acids is 2. The summed E-state index contributed by atoms with van der Waals surface area (Å²) in [5.41, 5.74) is 3.91. The standard InChI is InChI=1S/C29H26N2O3S/c1-20-9-6-7-14-26(20)31-29(33)27(21-10-4-3-5-11-21)35-25-17-15-23(16-18-25)30-28(32)22-12-8-13-24(19-22)34-2/h3-19,27H,1-2H3,(H,30,32)(H,31,33). The molecule has 0 aliphatic rings. The number of para-hydroxylation sites is 1. The highest BCUT2D eigenvalue weighted by Crippen LogP contribution is 2.37. The minimum atomic E-state index is -0.437. The molecule has 0 bridgehead atoms. The SMILES string of the molecule is COc1cccc(C(=O)Nc2ccc(SC(C(=O)Nc3ccccc3C)c3ccccc3)cc2)c1. The predicted octanol–water partition coefficient (Wildman–Crippen LogP) is 6.73. The number of amides is 2. The van der Waals surface area contributed by atoms with E-state index in [0.29, 0.717) is 17.0 Å². The Hall–Kier alpha value is -4.03. The molecule has 0 spiro atoms. The van der Waals surface area contributed by atoms with Gasteiger partial charge in [-0.3, -0.25) is 9.59 Å². The zero-order valence-electron chi connectivity index (χ0n) is 19.5. The van der Waals surface area contributed by atoms with Crippen molar-refractivity contribution in [2.75, 3.05) is 17.7 Å². The normalized spacial score (nSPS) is 11.4. The van der Waals surface area contributed by atoms with Gasteiger partial charge in [-0.2, -0.15) is 0 Å². The van der Waals surface area contributed by atoms with E-state index < -0.39 is 5.25 Å². The van der Waals surface area contributed by atoms with Crippen LogP contribution in [0.4, 0.5) is 11.4 Å². The van der Waals surface area contributed by atoms with Crippen molar-refractivity contribution in [2.45, 2.75) is 17.1 Å². The van der Waals surface area contributed by atoms with Crippen LogP contribution in [0.1, 0.15) is 26.7 Å². The molecule has 1 unspecified atom stereocenters. The van der Waals surface area contributed by atoms with Gasteiger partial charge in [0.25, 0.3) is 5.91 Å². The number of hydrogen-bond donors (Lipinski definition) is 2. The summed E-state index contributed by atoms with van der Waals surface area (Å²) < 4.78 is 5.19. The highest BCUT2D eigenvalue weighted by atomic mass is 32.2. The molecular weight excluding hydrogens is 456 g/mol. The first-order valence-corrected chi connectivity index (χ1v) is 12.0. The Bertz CT molecular complexity index is 1310. The van der Waals surface area contributed by atoms with E-state index in [1.807, 2.05) is 85.8 Å². The molecule has 0 aliphatic carbocycles. The van der Waals surface area contributed by atoms with Crippen LogP contribution in [0, 0.1) is 6.92 Å². The largest absolute Gasteiger partial charge is 0.497 e. The van der Waals surface area contributed by atoms with Gasteiger partial charge in [-0.05, 0) is 66.6 Å². The Morgan fingerprint density at radius 1 is 0.800 bits per heavy atom.